The lowest BCUT2D eigenvalue weighted by molar-refractivity contribution is -0.121. The van der Waals surface area contributed by atoms with Crippen LogP contribution >= 0.6 is 0 Å². The lowest BCUT2D eigenvalue weighted by Gasteiger charge is -2.11. The monoisotopic (exact) mass is 275 g/mol. The molecule has 1 aromatic carbocycles. The summed E-state index contributed by atoms with van der Waals surface area (Å²) in [6.07, 6.45) is 6.64. The van der Waals surface area contributed by atoms with Crippen molar-refractivity contribution >= 4 is 17.8 Å². The van der Waals surface area contributed by atoms with Gasteiger partial charge < -0.3 is 4.90 Å². The third kappa shape index (κ3) is 6.36. The molecule has 4 nitrogen and oxygen atoms in total. The molecular weight excluding hydrogens is 250 g/mol. The van der Waals surface area contributed by atoms with Crippen LogP contribution in [-0.2, 0) is 4.79 Å². The summed E-state index contributed by atoms with van der Waals surface area (Å²) in [4.78, 5) is 13.5. The second kappa shape index (κ2) is 9.13. The highest BCUT2D eigenvalue weighted by Gasteiger charge is 1.98. The van der Waals surface area contributed by atoms with E-state index in [4.69, 9.17) is 0 Å². The molecule has 0 spiro atoms. The molecule has 1 amide bonds. The van der Waals surface area contributed by atoms with Crippen LogP contribution in [-0.4, -0.2) is 26.2 Å². The topological polar surface area (TPSA) is 44.7 Å². The Labute approximate surface area is 121 Å². The van der Waals surface area contributed by atoms with Gasteiger partial charge in [-0.15, -0.1) is 0 Å². The Balaban J connectivity index is 2.31. The van der Waals surface area contributed by atoms with Crippen molar-refractivity contribution in [2.45, 2.75) is 39.0 Å². The molecular formula is C16H25N3O. The molecule has 0 fully saturated rings. The predicted molar refractivity (Wildman–Crippen MR) is 85.3 cm³/mol. The van der Waals surface area contributed by atoms with Crippen molar-refractivity contribution in [2.24, 2.45) is 5.10 Å². The standard InChI is InChI=1S/C16H25N3O/c1-4-5-6-7-8-16(20)18-17-13-14-9-11-15(12-10-14)19(2)3/h9-13H,4-8H2,1-3H3,(H,18,20)/b17-13-. The van der Waals surface area contributed by atoms with Gasteiger partial charge in [-0.2, -0.15) is 5.10 Å². The number of hydrogen-bond donors (Lipinski definition) is 1. The lowest BCUT2D eigenvalue weighted by atomic mass is 10.1. The maximum absolute atomic E-state index is 11.5. The second-order valence-electron chi connectivity index (χ2n) is 5.09. The summed E-state index contributed by atoms with van der Waals surface area (Å²) < 4.78 is 0. The van der Waals surface area contributed by atoms with Crippen LogP contribution in [0.2, 0.25) is 0 Å². The zero-order chi connectivity index (χ0) is 14.8. The normalized spacial score (nSPS) is 10.8. The number of nitrogens with zero attached hydrogens (tertiary/aromatic N) is 2. The highest BCUT2D eigenvalue weighted by molar-refractivity contribution is 5.82. The minimum Gasteiger partial charge on any atom is -0.378 e. The molecule has 110 valence electrons. The third-order valence-electron chi connectivity index (χ3n) is 3.07. The number of carbonyl (C=O) groups is 1. The second-order valence-corrected chi connectivity index (χ2v) is 5.09. The van der Waals surface area contributed by atoms with Crippen molar-refractivity contribution in [3.8, 4) is 0 Å². The summed E-state index contributed by atoms with van der Waals surface area (Å²) in [7, 11) is 4.00. The van der Waals surface area contributed by atoms with Gasteiger partial charge in [0.15, 0.2) is 0 Å². The van der Waals surface area contributed by atoms with Gasteiger partial charge in [-0.3, -0.25) is 4.79 Å². The summed E-state index contributed by atoms with van der Waals surface area (Å²) in [5.41, 5.74) is 4.68. The van der Waals surface area contributed by atoms with Gasteiger partial charge in [-0.25, -0.2) is 5.43 Å². The van der Waals surface area contributed by atoms with Crippen LogP contribution < -0.4 is 10.3 Å². The minimum atomic E-state index is -0.0118. The van der Waals surface area contributed by atoms with Gasteiger partial charge in [0.1, 0.15) is 0 Å². The molecule has 0 aliphatic rings. The Morgan fingerprint density at radius 1 is 1.20 bits per heavy atom. The zero-order valence-electron chi connectivity index (χ0n) is 12.7. The quantitative estimate of drug-likeness (QED) is 0.450. The number of amides is 1. The van der Waals surface area contributed by atoms with Crippen LogP contribution in [0.3, 0.4) is 0 Å². The Kier molecular flexibility index (Phi) is 7.40. The maximum atomic E-state index is 11.5. The molecule has 1 rings (SSSR count). The van der Waals surface area contributed by atoms with E-state index in [0.717, 1.165) is 24.1 Å². The van der Waals surface area contributed by atoms with Crippen molar-refractivity contribution in [3.05, 3.63) is 29.8 Å². The van der Waals surface area contributed by atoms with E-state index >= 15 is 0 Å². The van der Waals surface area contributed by atoms with Crippen LogP contribution in [0.4, 0.5) is 5.69 Å². The molecule has 0 atom stereocenters. The van der Waals surface area contributed by atoms with Gasteiger partial charge in [-0.1, -0.05) is 38.3 Å². The van der Waals surface area contributed by atoms with Crippen LogP contribution in [0, 0.1) is 0 Å². The van der Waals surface area contributed by atoms with E-state index in [-0.39, 0.29) is 5.91 Å². The fourth-order valence-corrected chi connectivity index (χ4v) is 1.81. The molecule has 0 bridgehead atoms. The number of nitrogens with one attached hydrogen (secondary N) is 1. The SMILES string of the molecule is CCCCCCC(=O)N/N=C\c1ccc(N(C)C)cc1. The van der Waals surface area contributed by atoms with E-state index in [1.165, 1.54) is 12.8 Å². The van der Waals surface area contributed by atoms with Crippen LogP contribution in [0.1, 0.15) is 44.6 Å². The van der Waals surface area contributed by atoms with Crippen molar-refractivity contribution in [1.29, 1.82) is 0 Å². The largest absolute Gasteiger partial charge is 0.378 e. The molecule has 0 aliphatic carbocycles. The number of carbonyl (C=O) groups excluding carboxylic acids is 1. The zero-order valence-corrected chi connectivity index (χ0v) is 12.7. The van der Waals surface area contributed by atoms with Crippen molar-refractivity contribution in [2.75, 3.05) is 19.0 Å². The van der Waals surface area contributed by atoms with Gasteiger partial charge in [0, 0.05) is 26.2 Å². The van der Waals surface area contributed by atoms with Crippen molar-refractivity contribution in [1.82, 2.24) is 5.43 Å². The van der Waals surface area contributed by atoms with Gasteiger partial charge in [-0.05, 0) is 24.1 Å². The molecule has 1 N–H and O–H groups in total. The Morgan fingerprint density at radius 2 is 1.90 bits per heavy atom. The van der Waals surface area contributed by atoms with E-state index in [1.54, 1.807) is 6.21 Å². The summed E-state index contributed by atoms with van der Waals surface area (Å²) in [5.74, 6) is -0.0118. The first-order valence-corrected chi connectivity index (χ1v) is 7.22. The fourth-order valence-electron chi connectivity index (χ4n) is 1.81. The van der Waals surface area contributed by atoms with Crippen LogP contribution in [0.15, 0.2) is 29.4 Å². The predicted octanol–water partition coefficient (Wildman–Crippen LogP) is 3.17. The smallest absolute Gasteiger partial charge is 0.240 e. The van der Waals surface area contributed by atoms with E-state index in [2.05, 4.69) is 17.5 Å². The van der Waals surface area contributed by atoms with Gasteiger partial charge >= 0.3 is 0 Å². The highest BCUT2D eigenvalue weighted by Crippen LogP contribution is 2.10. The Morgan fingerprint density at radius 3 is 2.50 bits per heavy atom. The molecule has 0 saturated heterocycles. The first kappa shape index (κ1) is 16.2. The van der Waals surface area contributed by atoms with E-state index in [9.17, 15) is 4.79 Å². The average Bonchev–Trinajstić information content (AvgIpc) is 2.44. The molecule has 0 radical (unpaired) electrons. The summed E-state index contributed by atoms with van der Waals surface area (Å²) in [5, 5.41) is 3.98. The molecule has 0 saturated carbocycles. The van der Waals surface area contributed by atoms with E-state index in [1.807, 2.05) is 43.3 Å². The Hall–Kier alpha value is -1.84. The number of hydrogen-bond acceptors (Lipinski definition) is 3. The van der Waals surface area contributed by atoms with Crippen molar-refractivity contribution < 1.29 is 4.79 Å². The van der Waals surface area contributed by atoms with Crippen LogP contribution in [0.5, 0.6) is 0 Å². The van der Waals surface area contributed by atoms with Crippen LogP contribution in [0.25, 0.3) is 0 Å². The summed E-state index contributed by atoms with van der Waals surface area (Å²) in [6, 6.07) is 8.00. The minimum absolute atomic E-state index is 0.0118. The number of unbranched alkanes of at least 4 members (excludes halogenated alkanes) is 3. The summed E-state index contributed by atoms with van der Waals surface area (Å²) >= 11 is 0. The molecule has 0 aromatic heterocycles. The number of benzene rings is 1. The van der Waals surface area contributed by atoms with Gasteiger partial charge in [0.25, 0.3) is 0 Å². The molecule has 0 unspecified atom stereocenters. The molecule has 0 heterocycles. The fraction of sp³-hybridized carbons (Fsp3) is 0.500. The maximum Gasteiger partial charge on any atom is 0.240 e. The van der Waals surface area contributed by atoms with E-state index < -0.39 is 0 Å². The highest BCUT2D eigenvalue weighted by atomic mass is 16.2. The van der Waals surface area contributed by atoms with E-state index in [0.29, 0.717) is 6.42 Å². The molecule has 1 aromatic rings. The average molecular weight is 275 g/mol. The number of anilines is 1. The molecule has 20 heavy (non-hydrogen) atoms. The first-order chi connectivity index (χ1) is 9.63. The third-order valence-corrected chi connectivity index (χ3v) is 3.07. The van der Waals surface area contributed by atoms with Gasteiger partial charge in [0.05, 0.1) is 6.21 Å². The number of hydrazone groups is 1. The number of rotatable bonds is 8. The molecule has 0 aliphatic heterocycles. The Bertz CT molecular complexity index is 424. The van der Waals surface area contributed by atoms with Gasteiger partial charge in [0.2, 0.25) is 5.91 Å². The summed E-state index contributed by atoms with van der Waals surface area (Å²) in [6.45, 7) is 2.16. The lowest BCUT2D eigenvalue weighted by Crippen LogP contribution is -2.16. The van der Waals surface area contributed by atoms with Crippen molar-refractivity contribution in [3.63, 3.8) is 0 Å². The first-order valence-electron chi connectivity index (χ1n) is 7.22. The molecule has 4 heteroatoms.